The summed E-state index contributed by atoms with van der Waals surface area (Å²) >= 11 is 0. The number of aliphatic hydroxyl groups is 1. The smallest absolute Gasteiger partial charge is 0.387 e. The lowest BCUT2D eigenvalue weighted by Gasteiger charge is -2.25. The Morgan fingerprint density at radius 2 is 0.674 bits per heavy atom. The maximum atomic E-state index is 13.1. The Morgan fingerprint density at radius 1 is 0.395 bits per heavy atom. The summed E-state index contributed by atoms with van der Waals surface area (Å²) in [7, 11) is 1.56. The van der Waals surface area contributed by atoms with Crippen molar-refractivity contribution in [2.24, 2.45) is 0 Å². The van der Waals surface area contributed by atoms with Gasteiger partial charge in [0.25, 0.3) is 0 Å². The molecular weight excluding hydrogens is 1080 g/mol. The fourth-order valence-corrected chi connectivity index (χ4v) is 11.8. The minimum Gasteiger partial charge on any atom is -0.387 e. The van der Waals surface area contributed by atoms with E-state index < -0.39 is 20.0 Å². The molecule has 0 spiro atoms. The monoisotopic (exact) mass is 1230 g/mol. The van der Waals surface area contributed by atoms with Gasteiger partial charge < -0.3 is 19.8 Å². The molecule has 0 aliphatic heterocycles. The molecule has 0 radical (unpaired) electrons. The Hall–Kier alpha value is -2.06. The standard InChI is InChI=1S/C77H145N2O6P/c1-6-8-10-12-14-16-18-20-22-24-26-28-30-31-32-33-34-35-36-37-38-39-40-41-42-43-44-45-46-47-49-51-53-55-57-59-61-63-65-67-69-71-77(81)78-75(74-85-86(82,83)84-73-72-79(3,4)5)76(80)70-68-66-64-62-60-58-56-54-52-50-48-29-27-25-23-21-19-17-15-13-11-9-7-2/h18,20,24,26,30-31,52,54,60,62,68,70,75-76,80H,6-17,19,21-23,25,27-29,32-51,53,55-59,61,63-67,69,71-74H2,1-5H3,(H-,78,81,82,83)/p+1/b20-18-,26-24-,31-30-,54-52+,62-60+,70-68+. The zero-order valence-electron chi connectivity index (χ0n) is 57.8. The number of quaternary nitrogens is 1. The molecule has 0 aromatic carbocycles. The van der Waals surface area contributed by atoms with E-state index in [0.29, 0.717) is 17.4 Å². The molecule has 8 nitrogen and oxygen atoms in total. The van der Waals surface area contributed by atoms with Gasteiger partial charge in [-0.1, -0.05) is 344 Å². The van der Waals surface area contributed by atoms with Gasteiger partial charge >= 0.3 is 7.82 Å². The molecule has 1 amide bonds. The van der Waals surface area contributed by atoms with Crippen LogP contribution in [0.1, 0.15) is 361 Å². The largest absolute Gasteiger partial charge is 0.472 e. The van der Waals surface area contributed by atoms with E-state index in [0.717, 1.165) is 57.8 Å². The number of amides is 1. The summed E-state index contributed by atoms with van der Waals surface area (Å²) in [5.41, 5.74) is 0. The average molecular weight is 1230 g/mol. The second-order valence-corrected chi connectivity index (χ2v) is 28.1. The number of hydrogen-bond donors (Lipinski definition) is 3. The SMILES string of the molecule is CCCCCCC/C=C\C/C=C\C/C=C\CCCCCCCCCCCCCCCCCCCCCCCCCCCCC(=O)NC(COP(=O)(O)OCC[N+](C)(C)C)C(O)/C=C/CC/C=C/CC/C=C/CCCCCCCCCCCCCCC. The predicted octanol–water partition coefficient (Wildman–Crippen LogP) is 24.1. The van der Waals surface area contributed by atoms with Crippen molar-refractivity contribution in [3.63, 3.8) is 0 Å². The number of nitrogens with one attached hydrogen (secondary N) is 1. The maximum Gasteiger partial charge on any atom is 0.472 e. The molecular formula is C77H146N2O6P+. The van der Waals surface area contributed by atoms with Crippen LogP contribution in [0.5, 0.6) is 0 Å². The molecule has 504 valence electrons. The zero-order chi connectivity index (χ0) is 62.6. The number of allylic oxidation sites excluding steroid dienone is 11. The van der Waals surface area contributed by atoms with E-state index in [1.807, 2.05) is 27.2 Å². The van der Waals surface area contributed by atoms with Crippen LogP contribution in [-0.2, 0) is 18.4 Å². The number of carbonyl (C=O) groups is 1. The summed E-state index contributed by atoms with van der Waals surface area (Å²) in [5.74, 6) is -0.185. The third-order valence-corrected chi connectivity index (χ3v) is 17.9. The predicted molar refractivity (Wildman–Crippen MR) is 378 cm³/mol. The highest BCUT2D eigenvalue weighted by Crippen LogP contribution is 2.43. The van der Waals surface area contributed by atoms with Crippen LogP contribution in [0.4, 0.5) is 0 Å². The van der Waals surface area contributed by atoms with E-state index in [1.165, 1.54) is 283 Å². The highest BCUT2D eigenvalue weighted by Gasteiger charge is 2.28. The molecule has 0 fully saturated rings. The Morgan fingerprint density at radius 3 is 1.01 bits per heavy atom. The van der Waals surface area contributed by atoms with Gasteiger partial charge in [0.05, 0.1) is 39.9 Å². The molecule has 0 aliphatic carbocycles. The van der Waals surface area contributed by atoms with E-state index in [-0.39, 0.29) is 19.1 Å². The molecule has 0 heterocycles. The molecule has 0 bridgehead atoms. The van der Waals surface area contributed by atoms with Gasteiger partial charge in [-0.3, -0.25) is 13.8 Å². The lowest BCUT2D eigenvalue weighted by Crippen LogP contribution is -2.45. The molecule has 0 aromatic rings. The minimum atomic E-state index is -4.37. The van der Waals surface area contributed by atoms with Crippen LogP contribution in [0.2, 0.25) is 0 Å². The second-order valence-electron chi connectivity index (χ2n) is 26.7. The van der Waals surface area contributed by atoms with Crippen molar-refractivity contribution in [2.75, 3.05) is 40.9 Å². The first-order valence-electron chi connectivity index (χ1n) is 37.3. The van der Waals surface area contributed by atoms with Gasteiger partial charge in [0.1, 0.15) is 13.2 Å². The summed E-state index contributed by atoms with van der Waals surface area (Å²) in [4.78, 5) is 23.4. The van der Waals surface area contributed by atoms with Crippen molar-refractivity contribution < 1.29 is 32.9 Å². The van der Waals surface area contributed by atoms with Crippen molar-refractivity contribution >= 4 is 13.7 Å². The molecule has 86 heavy (non-hydrogen) atoms. The number of hydrogen-bond acceptors (Lipinski definition) is 5. The Bertz CT molecular complexity index is 1630. The number of nitrogens with zero attached hydrogens (tertiary/aromatic N) is 1. The Balaban J connectivity index is 3.97. The lowest BCUT2D eigenvalue weighted by molar-refractivity contribution is -0.870. The van der Waals surface area contributed by atoms with E-state index in [1.54, 1.807) is 6.08 Å². The summed E-state index contributed by atoms with van der Waals surface area (Å²) in [6.07, 6.45) is 95.1. The fourth-order valence-electron chi connectivity index (χ4n) is 11.1. The summed E-state index contributed by atoms with van der Waals surface area (Å²) in [5, 5.41) is 14.0. The van der Waals surface area contributed by atoms with Crippen LogP contribution in [0, 0.1) is 0 Å². The summed E-state index contributed by atoms with van der Waals surface area (Å²) in [6, 6.07) is -0.872. The third kappa shape index (κ3) is 69.4. The Kier molecular flexibility index (Phi) is 65.7. The number of likely N-dealkylation sites (N-methyl/N-ethyl adjacent to an activating group) is 1. The van der Waals surface area contributed by atoms with Crippen molar-refractivity contribution in [3.05, 3.63) is 72.9 Å². The number of unbranched alkanes of at least 4 members (excludes halogenated alkanes) is 46. The van der Waals surface area contributed by atoms with Gasteiger partial charge in [0.15, 0.2) is 0 Å². The van der Waals surface area contributed by atoms with E-state index >= 15 is 0 Å². The van der Waals surface area contributed by atoms with Crippen LogP contribution >= 0.6 is 7.82 Å². The highest BCUT2D eigenvalue weighted by molar-refractivity contribution is 7.47. The number of phosphoric ester groups is 1. The van der Waals surface area contributed by atoms with Crippen LogP contribution in [0.25, 0.3) is 0 Å². The van der Waals surface area contributed by atoms with Crippen molar-refractivity contribution in [1.82, 2.24) is 5.32 Å². The van der Waals surface area contributed by atoms with E-state index in [2.05, 4.69) is 79.9 Å². The quantitative estimate of drug-likeness (QED) is 0.0243. The number of carbonyl (C=O) groups excluding carboxylic acids is 1. The second kappa shape index (κ2) is 67.3. The topological polar surface area (TPSA) is 105 Å². The van der Waals surface area contributed by atoms with E-state index in [4.69, 9.17) is 9.05 Å². The van der Waals surface area contributed by atoms with Crippen molar-refractivity contribution in [1.29, 1.82) is 0 Å². The number of aliphatic hydroxyl groups excluding tert-OH is 1. The molecule has 0 saturated carbocycles. The van der Waals surface area contributed by atoms with Gasteiger partial charge in [-0.05, 0) is 83.5 Å². The third-order valence-electron chi connectivity index (χ3n) is 16.9. The van der Waals surface area contributed by atoms with Gasteiger partial charge in [-0.15, -0.1) is 0 Å². The molecule has 0 aromatic heterocycles. The molecule has 9 heteroatoms. The first-order valence-corrected chi connectivity index (χ1v) is 38.8. The average Bonchev–Trinajstić information content (AvgIpc) is 3.70. The first kappa shape index (κ1) is 83.9. The summed E-state index contributed by atoms with van der Waals surface area (Å²) in [6.45, 7) is 4.82. The van der Waals surface area contributed by atoms with E-state index in [9.17, 15) is 19.4 Å². The lowest BCUT2D eigenvalue weighted by atomic mass is 10.0. The van der Waals surface area contributed by atoms with Crippen LogP contribution < -0.4 is 5.32 Å². The van der Waals surface area contributed by atoms with Crippen LogP contribution in [0.3, 0.4) is 0 Å². The van der Waals surface area contributed by atoms with Gasteiger partial charge in [0.2, 0.25) is 5.91 Å². The molecule has 0 rings (SSSR count). The van der Waals surface area contributed by atoms with Crippen LogP contribution in [-0.4, -0.2) is 73.4 Å². The maximum absolute atomic E-state index is 13.1. The van der Waals surface area contributed by atoms with Gasteiger partial charge in [-0.25, -0.2) is 4.57 Å². The molecule has 3 atom stereocenters. The highest BCUT2D eigenvalue weighted by atomic mass is 31.2. The van der Waals surface area contributed by atoms with Crippen LogP contribution in [0.15, 0.2) is 72.9 Å². The molecule has 0 saturated heterocycles. The summed E-state index contributed by atoms with van der Waals surface area (Å²) < 4.78 is 23.8. The normalized spacial score (nSPS) is 14.0. The van der Waals surface area contributed by atoms with Gasteiger partial charge in [0, 0.05) is 6.42 Å². The molecule has 3 N–H and O–H groups in total. The first-order chi connectivity index (χ1) is 42.0. The fraction of sp³-hybridized carbons (Fsp3) is 0.831. The molecule has 3 unspecified atom stereocenters. The van der Waals surface area contributed by atoms with Crippen molar-refractivity contribution in [3.8, 4) is 0 Å². The van der Waals surface area contributed by atoms with Crippen molar-refractivity contribution in [2.45, 2.75) is 373 Å². The zero-order valence-corrected chi connectivity index (χ0v) is 58.7. The van der Waals surface area contributed by atoms with Gasteiger partial charge in [-0.2, -0.15) is 0 Å². The minimum absolute atomic E-state index is 0.0536. The number of phosphoric acid groups is 1. The number of rotatable bonds is 69. The molecule has 0 aliphatic rings. The Labute approximate surface area is 535 Å².